The Morgan fingerprint density at radius 2 is 1.71 bits per heavy atom. The molecule has 0 aromatic heterocycles. The normalized spacial score (nSPS) is 12.6. The number of rotatable bonds is 5. The van der Waals surface area contributed by atoms with Crippen LogP contribution in [-0.4, -0.2) is 44.5 Å². The summed E-state index contributed by atoms with van der Waals surface area (Å²) < 4.78 is 10.1. The first-order valence-electron chi connectivity index (χ1n) is 8.12. The number of hydrogen-bond acceptors (Lipinski definition) is 6. The van der Waals surface area contributed by atoms with Crippen molar-refractivity contribution in [1.82, 2.24) is 5.32 Å². The van der Waals surface area contributed by atoms with Gasteiger partial charge in [-0.25, -0.2) is 9.69 Å². The van der Waals surface area contributed by atoms with Crippen molar-refractivity contribution in [1.29, 1.82) is 0 Å². The van der Waals surface area contributed by atoms with E-state index in [1.54, 1.807) is 24.3 Å². The van der Waals surface area contributed by atoms with Crippen LogP contribution in [0.1, 0.15) is 31.1 Å². The first kappa shape index (κ1) is 19.4. The molecule has 0 atom stereocenters. The fourth-order valence-corrected chi connectivity index (χ4v) is 2.98. The molecule has 3 amide bonds. The number of amides is 3. The van der Waals surface area contributed by atoms with Gasteiger partial charge in [-0.15, -0.1) is 0 Å². The van der Waals surface area contributed by atoms with Gasteiger partial charge in [0.15, 0.2) is 6.61 Å². The highest BCUT2D eigenvalue weighted by Crippen LogP contribution is 2.37. The van der Waals surface area contributed by atoms with E-state index in [1.165, 1.54) is 26.3 Å². The van der Waals surface area contributed by atoms with E-state index in [0.29, 0.717) is 0 Å². The highest BCUT2D eigenvalue weighted by Gasteiger charge is 2.38. The van der Waals surface area contributed by atoms with E-state index in [1.807, 2.05) is 0 Å². The Morgan fingerprint density at radius 1 is 1.11 bits per heavy atom. The van der Waals surface area contributed by atoms with Crippen molar-refractivity contribution in [3.63, 3.8) is 0 Å². The number of methoxy groups -OCH3 is 1. The van der Waals surface area contributed by atoms with Gasteiger partial charge < -0.3 is 14.8 Å². The van der Waals surface area contributed by atoms with Crippen molar-refractivity contribution in [2.75, 3.05) is 25.7 Å². The van der Waals surface area contributed by atoms with Crippen LogP contribution in [0.3, 0.4) is 0 Å². The smallest absolute Gasteiger partial charge is 0.342 e. The number of nitrogens with zero attached hydrogens (tertiary/aromatic N) is 1. The third-order valence-electron chi connectivity index (χ3n) is 4.14. The lowest BCUT2D eigenvalue weighted by Crippen LogP contribution is -2.30. The molecule has 3 rings (SSSR count). The topological polar surface area (TPSA) is 102 Å². The number of halogens is 1. The number of benzene rings is 2. The molecule has 1 heterocycles. The molecule has 9 heteroatoms. The average molecular weight is 403 g/mol. The van der Waals surface area contributed by atoms with Gasteiger partial charge in [-0.1, -0.05) is 23.7 Å². The van der Waals surface area contributed by atoms with E-state index in [0.717, 1.165) is 4.90 Å². The first-order chi connectivity index (χ1) is 13.4. The Morgan fingerprint density at radius 3 is 2.25 bits per heavy atom. The predicted molar refractivity (Wildman–Crippen MR) is 99.9 cm³/mol. The second kappa shape index (κ2) is 7.69. The van der Waals surface area contributed by atoms with Crippen molar-refractivity contribution in [3.05, 3.63) is 58.1 Å². The summed E-state index contributed by atoms with van der Waals surface area (Å²) in [5, 5.41) is 2.30. The van der Waals surface area contributed by atoms with E-state index in [9.17, 15) is 19.2 Å². The van der Waals surface area contributed by atoms with Gasteiger partial charge in [0, 0.05) is 13.1 Å². The van der Waals surface area contributed by atoms with Gasteiger partial charge in [-0.05, 0) is 18.2 Å². The third kappa shape index (κ3) is 3.29. The second-order valence-corrected chi connectivity index (χ2v) is 6.15. The molecule has 2 aromatic rings. The van der Waals surface area contributed by atoms with Gasteiger partial charge in [0.05, 0.1) is 28.9 Å². The maximum atomic E-state index is 12.7. The number of carbonyl (C=O) groups is 4. The number of anilines is 1. The van der Waals surface area contributed by atoms with Crippen LogP contribution in [0, 0.1) is 0 Å². The van der Waals surface area contributed by atoms with Crippen molar-refractivity contribution in [2.45, 2.75) is 0 Å². The Bertz CT molecular complexity index is 969. The van der Waals surface area contributed by atoms with Gasteiger partial charge in [0.25, 0.3) is 17.7 Å². The molecule has 0 spiro atoms. The molecule has 1 aliphatic heterocycles. The summed E-state index contributed by atoms with van der Waals surface area (Å²) in [6, 6.07) is 8.94. The molecule has 0 saturated heterocycles. The summed E-state index contributed by atoms with van der Waals surface area (Å²) in [6.07, 6.45) is 0. The number of ether oxygens (including phenoxy) is 2. The minimum Gasteiger partial charge on any atom is -0.496 e. The molecule has 0 fully saturated rings. The standard InChI is InChI=1S/C19H15ClN2O6/c1-21-16(23)9-28-19(26)12-7-13(20)14(8-15(12)27-2)22-17(24)10-5-3-4-6-11(10)18(22)25/h3-8H,9H2,1-2H3,(H,21,23). The lowest BCUT2D eigenvalue weighted by atomic mass is 10.1. The minimum atomic E-state index is -0.837. The molecule has 0 unspecified atom stereocenters. The number of esters is 1. The van der Waals surface area contributed by atoms with Crippen LogP contribution in [0.4, 0.5) is 5.69 Å². The molecular weight excluding hydrogens is 388 g/mol. The fraction of sp³-hybridized carbons (Fsp3) is 0.158. The van der Waals surface area contributed by atoms with Gasteiger partial charge >= 0.3 is 5.97 Å². The van der Waals surface area contributed by atoms with Gasteiger partial charge in [0.2, 0.25) is 0 Å². The molecule has 1 N–H and O–H groups in total. The number of carbonyl (C=O) groups excluding carboxylic acids is 4. The first-order valence-corrected chi connectivity index (χ1v) is 8.50. The lowest BCUT2D eigenvalue weighted by molar-refractivity contribution is -0.123. The summed E-state index contributed by atoms with van der Waals surface area (Å²) in [5.41, 5.74) is 0.553. The molecule has 0 bridgehead atoms. The molecule has 0 radical (unpaired) electrons. The molecule has 0 aliphatic carbocycles. The molecule has 1 aliphatic rings. The van der Waals surface area contributed by atoms with E-state index in [-0.39, 0.29) is 33.1 Å². The molecule has 28 heavy (non-hydrogen) atoms. The van der Waals surface area contributed by atoms with Crippen molar-refractivity contribution < 1.29 is 28.7 Å². The van der Waals surface area contributed by atoms with Crippen LogP contribution in [-0.2, 0) is 9.53 Å². The summed E-state index contributed by atoms with van der Waals surface area (Å²) in [5.74, 6) is -2.34. The Hall–Kier alpha value is -3.39. The number of likely N-dealkylation sites (N-methyl/N-ethyl adjacent to an activating group) is 1. The summed E-state index contributed by atoms with van der Waals surface area (Å²) in [6.45, 7) is -0.476. The Kier molecular flexibility index (Phi) is 5.32. The van der Waals surface area contributed by atoms with Crippen molar-refractivity contribution >= 4 is 41.0 Å². The summed E-state index contributed by atoms with van der Waals surface area (Å²) >= 11 is 6.26. The number of nitrogens with one attached hydrogen (secondary N) is 1. The van der Waals surface area contributed by atoms with Crippen molar-refractivity contribution in [2.24, 2.45) is 0 Å². The maximum absolute atomic E-state index is 12.7. The third-order valence-corrected chi connectivity index (χ3v) is 4.44. The van der Waals surface area contributed by atoms with Crippen LogP contribution in [0.5, 0.6) is 5.75 Å². The molecule has 144 valence electrons. The van der Waals surface area contributed by atoms with Crippen molar-refractivity contribution in [3.8, 4) is 5.75 Å². The van der Waals surface area contributed by atoms with Crippen LogP contribution < -0.4 is 15.0 Å². The van der Waals surface area contributed by atoms with Gasteiger partial charge in [-0.3, -0.25) is 14.4 Å². The van der Waals surface area contributed by atoms with E-state index in [2.05, 4.69) is 5.32 Å². The zero-order valence-corrected chi connectivity index (χ0v) is 15.7. The highest BCUT2D eigenvalue weighted by molar-refractivity contribution is 6.40. The number of fused-ring (bicyclic) bond motifs is 1. The minimum absolute atomic E-state index is 0.0257. The van der Waals surface area contributed by atoms with Gasteiger partial charge in [-0.2, -0.15) is 0 Å². The average Bonchev–Trinajstić information content (AvgIpc) is 2.96. The largest absolute Gasteiger partial charge is 0.496 e. The van der Waals surface area contributed by atoms with E-state index < -0.39 is 30.3 Å². The second-order valence-electron chi connectivity index (χ2n) is 5.74. The zero-order chi connectivity index (χ0) is 20.4. The Balaban J connectivity index is 1.97. The zero-order valence-electron chi connectivity index (χ0n) is 14.9. The molecule has 0 saturated carbocycles. The molecule has 8 nitrogen and oxygen atoms in total. The predicted octanol–water partition coefficient (Wildman–Crippen LogP) is 2.05. The van der Waals surface area contributed by atoms with Crippen LogP contribution >= 0.6 is 11.6 Å². The quantitative estimate of drug-likeness (QED) is 0.606. The van der Waals surface area contributed by atoms with Crippen LogP contribution in [0.25, 0.3) is 0 Å². The van der Waals surface area contributed by atoms with E-state index in [4.69, 9.17) is 21.1 Å². The van der Waals surface area contributed by atoms with Crippen LogP contribution in [0.15, 0.2) is 36.4 Å². The van der Waals surface area contributed by atoms with Gasteiger partial charge in [0.1, 0.15) is 11.3 Å². The summed E-state index contributed by atoms with van der Waals surface area (Å²) in [4.78, 5) is 49.7. The Labute approximate surface area is 165 Å². The molecular formula is C19H15ClN2O6. The van der Waals surface area contributed by atoms with E-state index >= 15 is 0 Å². The van der Waals surface area contributed by atoms with Crippen LogP contribution in [0.2, 0.25) is 5.02 Å². The lowest BCUT2D eigenvalue weighted by Gasteiger charge is -2.18. The SMILES string of the molecule is CNC(=O)COC(=O)c1cc(Cl)c(N2C(=O)c3ccccc3C2=O)cc1OC. The number of hydrogen-bond donors (Lipinski definition) is 1. The highest BCUT2D eigenvalue weighted by atomic mass is 35.5. The summed E-state index contributed by atoms with van der Waals surface area (Å²) in [7, 11) is 2.72. The fourth-order valence-electron chi connectivity index (χ4n) is 2.73. The number of imide groups is 1. The maximum Gasteiger partial charge on any atom is 0.342 e. The monoisotopic (exact) mass is 402 g/mol. The molecule has 2 aromatic carbocycles.